The SMILES string of the molecule is CC(C#N)(NC(=O)c1cc(-c2ccc3c(c2)OCO3)n[nH]1)C1CCCCC1. The number of benzene rings is 1. The quantitative estimate of drug-likeness (QED) is 0.864. The van der Waals surface area contributed by atoms with E-state index >= 15 is 0 Å². The molecule has 0 radical (unpaired) electrons. The van der Waals surface area contributed by atoms with Crippen LogP contribution in [-0.2, 0) is 0 Å². The molecule has 1 atom stereocenters. The normalized spacial score (nSPS) is 18.5. The van der Waals surface area contributed by atoms with Gasteiger partial charge in [-0.25, -0.2) is 0 Å². The monoisotopic (exact) mass is 366 g/mol. The summed E-state index contributed by atoms with van der Waals surface area (Å²) in [5, 5.41) is 19.6. The number of amides is 1. The zero-order chi connectivity index (χ0) is 18.9. The third-order valence-corrected chi connectivity index (χ3v) is 5.52. The van der Waals surface area contributed by atoms with Crippen LogP contribution in [0.15, 0.2) is 24.3 Å². The first-order chi connectivity index (χ1) is 13.1. The summed E-state index contributed by atoms with van der Waals surface area (Å²) in [6, 6.07) is 9.53. The molecule has 2 aliphatic rings. The van der Waals surface area contributed by atoms with E-state index in [0.29, 0.717) is 22.9 Å². The van der Waals surface area contributed by atoms with E-state index in [1.807, 2.05) is 25.1 Å². The van der Waals surface area contributed by atoms with Gasteiger partial charge in [-0.1, -0.05) is 19.3 Å². The van der Waals surface area contributed by atoms with E-state index in [9.17, 15) is 10.1 Å². The maximum atomic E-state index is 12.7. The Morgan fingerprint density at radius 2 is 2.04 bits per heavy atom. The minimum Gasteiger partial charge on any atom is -0.454 e. The lowest BCUT2D eigenvalue weighted by Gasteiger charge is -2.34. The van der Waals surface area contributed by atoms with Crippen LogP contribution in [0.5, 0.6) is 11.5 Å². The van der Waals surface area contributed by atoms with Gasteiger partial charge in [0.2, 0.25) is 6.79 Å². The minimum atomic E-state index is -0.873. The maximum Gasteiger partial charge on any atom is 0.270 e. The smallest absolute Gasteiger partial charge is 0.270 e. The third kappa shape index (κ3) is 3.35. The molecule has 4 rings (SSSR count). The van der Waals surface area contributed by atoms with E-state index < -0.39 is 5.54 Å². The number of fused-ring (bicyclic) bond motifs is 1. The summed E-state index contributed by atoms with van der Waals surface area (Å²) in [4.78, 5) is 12.7. The number of ether oxygens (including phenoxy) is 2. The molecule has 2 heterocycles. The standard InChI is InChI=1S/C20H22N4O3/c1-20(11-21,14-5-3-2-4-6-14)22-19(25)16-10-15(23-24-16)13-7-8-17-18(9-13)27-12-26-17/h7-10,14H,2-6,12H2,1H3,(H,22,25)(H,23,24). The number of aromatic nitrogens is 2. The predicted molar refractivity (Wildman–Crippen MR) is 98.2 cm³/mol. The predicted octanol–water partition coefficient (Wildman–Crippen LogP) is 3.40. The average molecular weight is 366 g/mol. The second kappa shape index (κ2) is 6.95. The zero-order valence-corrected chi connectivity index (χ0v) is 15.2. The Hall–Kier alpha value is -3.01. The van der Waals surface area contributed by atoms with E-state index in [2.05, 4.69) is 21.6 Å². The number of hydrogen-bond donors (Lipinski definition) is 2. The van der Waals surface area contributed by atoms with Crippen molar-refractivity contribution in [1.82, 2.24) is 15.5 Å². The Labute approximate surface area is 157 Å². The number of H-pyrrole nitrogens is 1. The van der Waals surface area contributed by atoms with Crippen LogP contribution in [0.1, 0.15) is 49.5 Å². The van der Waals surface area contributed by atoms with Gasteiger partial charge in [0.1, 0.15) is 11.2 Å². The van der Waals surface area contributed by atoms with E-state index in [4.69, 9.17) is 9.47 Å². The average Bonchev–Trinajstić information content (AvgIpc) is 3.37. The topological polar surface area (TPSA) is 100 Å². The molecule has 0 saturated heterocycles. The second-order valence-electron chi connectivity index (χ2n) is 7.34. The maximum absolute atomic E-state index is 12.7. The Balaban J connectivity index is 1.51. The van der Waals surface area contributed by atoms with Crippen molar-refractivity contribution in [3.05, 3.63) is 30.0 Å². The van der Waals surface area contributed by atoms with Gasteiger partial charge in [0.25, 0.3) is 5.91 Å². The van der Waals surface area contributed by atoms with E-state index in [-0.39, 0.29) is 18.6 Å². The molecule has 0 spiro atoms. The first-order valence-corrected chi connectivity index (χ1v) is 9.28. The molecule has 2 N–H and O–H groups in total. The summed E-state index contributed by atoms with van der Waals surface area (Å²) < 4.78 is 10.7. The van der Waals surface area contributed by atoms with Gasteiger partial charge in [0.15, 0.2) is 11.5 Å². The van der Waals surface area contributed by atoms with E-state index in [1.54, 1.807) is 6.07 Å². The van der Waals surface area contributed by atoms with E-state index in [1.165, 1.54) is 6.42 Å². The van der Waals surface area contributed by atoms with Gasteiger partial charge in [-0.2, -0.15) is 10.4 Å². The molecule has 1 aliphatic carbocycles. The molecule has 27 heavy (non-hydrogen) atoms. The fourth-order valence-electron chi connectivity index (χ4n) is 3.85. The molecule has 2 aromatic rings. The van der Waals surface area contributed by atoms with Gasteiger partial charge < -0.3 is 14.8 Å². The molecule has 1 aromatic heterocycles. The molecule has 7 heteroatoms. The van der Waals surface area contributed by atoms with Crippen LogP contribution in [0.2, 0.25) is 0 Å². The van der Waals surface area contributed by atoms with Crippen LogP contribution in [-0.4, -0.2) is 28.4 Å². The molecule has 0 bridgehead atoms. The molecule has 1 unspecified atom stereocenters. The highest BCUT2D eigenvalue weighted by Crippen LogP contribution is 2.36. The number of carbonyl (C=O) groups is 1. The Kier molecular flexibility index (Phi) is 4.48. The highest BCUT2D eigenvalue weighted by atomic mass is 16.7. The summed E-state index contributed by atoms with van der Waals surface area (Å²) >= 11 is 0. The lowest BCUT2D eigenvalue weighted by molar-refractivity contribution is 0.0881. The van der Waals surface area contributed by atoms with Crippen molar-refractivity contribution in [1.29, 1.82) is 5.26 Å². The number of rotatable bonds is 4. The van der Waals surface area contributed by atoms with Crippen molar-refractivity contribution in [2.45, 2.75) is 44.6 Å². The van der Waals surface area contributed by atoms with Gasteiger partial charge in [-0.15, -0.1) is 0 Å². The van der Waals surface area contributed by atoms with Gasteiger partial charge in [0.05, 0.1) is 11.8 Å². The summed E-state index contributed by atoms with van der Waals surface area (Å²) in [7, 11) is 0. The number of nitriles is 1. The highest BCUT2D eigenvalue weighted by molar-refractivity contribution is 5.94. The summed E-state index contributed by atoms with van der Waals surface area (Å²) in [5.41, 5.74) is 0.918. The van der Waals surface area contributed by atoms with Gasteiger partial charge in [0, 0.05) is 5.56 Å². The molecule has 1 aromatic carbocycles. The number of aromatic amines is 1. The largest absolute Gasteiger partial charge is 0.454 e. The van der Waals surface area contributed by atoms with Crippen molar-refractivity contribution in [3.63, 3.8) is 0 Å². The van der Waals surface area contributed by atoms with Crippen LogP contribution in [0.4, 0.5) is 0 Å². The van der Waals surface area contributed by atoms with Gasteiger partial charge in [-0.05, 0) is 49.9 Å². The fraction of sp³-hybridized carbons (Fsp3) is 0.450. The zero-order valence-electron chi connectivity index (χ0n) is 15.2. The molecule has 7 nitrogen and oxygen atoms in total. The summed E-state index contributed by atoms with van der Waals surface area (Å²) in [6.45, 7) is 2.02. The molecule has 1 aliphatic heterocycles. The van der Waals surface area contributed by atoms with Crippen LogP contribution >= 0.6 is 0 Å². The number of nitrogens with one attached hydrogen (secondary N) is 2. The first kappa shape index (κ1) is 17.4. The molecule has 1 saturated carbocycles. The number of carbonyl (C=O) groups excluding carboxylic acids is 1. The first-order valence-electron chi connectivity index (χ1n) is 9.28. The third-order valence-electron chi connectivity index (χ3n) is 5.52. The Morgan fingerprint density at radius 3 is 2.81 bits per heavy atom. The van der Waals surface area contributed by atoms with Crippen molar-refractivity contribution in [3.8, 4) is 28.8 Å². The van der Waals surface area contributed by atoms with Crippen molar-refractivity contribution >= 4 is 5.91 Å². The van der Waals surface area contributed by atoms with Crippen molar-refractivity contribution in [2.24, 2.45) is 5.92 Å². The van der Waals surface area contributed by atoms with Crippen LogP contribution < -0.4 is 14.8 Å². The molecular weight excluding hydrogens is 344 g/mol. The van der Waals surface area contributed by atoms with E-state index in [0.717, 1.165) is 31.2 Å². The lowest BCUT2D eigenvalue weighted by Crippen LogP contribution is -2.51. The summed E-state index contributed by atoms with van der Waals surface area (Å²) in [6.07, 6.45) is 5.35. The Bertz CT molecular complexity index is 895. The van der Waals surface area contributed by atoms with Crippen molar-refractivity contribution < 1.29 is 14.3 Å². The minimum absolute atomic E-state index is 0.177. The Morgan fingerprint density at radius 1 is 1.26 bits per heavy atom. The summed E-state index contributed by atoms with van der Waals surface area (Å²) in [5.74, 6) is 1.22. The number of hydrogen-bond acceptors (Lipinski definition) is 5. The number of nitrogens with zero attached hydrogens (tertiary/aromatic N) is 2. The molecular formula is C20H22N4O3. The van der Waals surface area contributed by atoms with Crippen LogP contribution in [0.3, 0.4) is 0 Å². The van der Waals surface area contributed by atoms with Gasteiger partial charge >= 0.3 is 0 Å². The lowest BCUT2D eigenvalue weighted by atomic mass is 9.76. The molecule has 1 amide bonds. The molecule has 1 fully saturated rings. The fourth-order valence-corrected chi connectivity index (χ4v) is 3.85. The van der Waals surface area contributed by atoms with Crippen LogP contribution in [0, 0.1) is 17.2 Å². The van der Waals surface area contributed by atoms with Crippen LogP contribution in [0.25, 0.3) is 11.3 Å². The van der Waals surface area contributed by atoms with Crippen molar-refractivity contribution in [2.75, 3.05) is 6.79 Å². The second-order valence-corrected chi connectivity index (χ2v) is 7.34. The van der Waals surface area contributed by atoms with Gasteiger partial charge in [-0.3, -0.25) is 9.89 Å². The molecule has 140 valence electrons. The highest BCUT2D eigenvalue weighted by Gasteiger charge is 2.37.